The molecular weight excluding hydrogens is 330 g/mol. The molecule has 3 amide bonds. The van der Waals surface area contributed by atoms with Crippen molar-refractivity contribution in [2.24, 2.45) is 5.92 Å². The van der Waals surface area contributed by atoms with Crippen LogP contribution in [0.4, 0.5) is 10.5 Å². The van der Waals surface area contributed by atoms with Crippen LogP contribution in [-0.4, -0.2) is 43.1 Å². The summed E-state index contributed by atoms with van der Waals surface area (Å²) in [6.07, 6.45) is 8.81. The number of hydrogen-bond donors (Lipinski definition) is 2. The van der Waals surface area contributed by atoms with Crippen LogP contribution in [0, 0.1) is 5.92 Å². The Balaban J connectivity index is 1.45. The number of benzene rings is 1. The highest BCUT2D eigenvalue weighted by molar-refractivity contribution is 6.01. The molecule has 0 bridgehead atoms. The third kappa shape index (κ3) is 5.73. The Bertz CT molecular complexity index is 607. The van der Waals surface area contributed by atoms with Gasteiger partial charge < -0.3 is 10.1 Å². The van der Waals surface area contributed by atoms with Crippen LogP contribution in [0.25, 0.3) is 0 Å². The van der Waals surface area contributed by atoms with E-state index in [9.17, 15) is 9.59 Å². The van der Waals surface area contributed by atoms with Crippen molar-refractivity contribution >= 4 is 17.6 Å². The van der Waals surface area contributed by atoms with Crippen molar-refractivity contribution in [3.63, 3.8) is 0 Å². The first-order chi connectivity index (χ1) is 12.6. The molecule has 3 rings (SSSR count). The average Bonchev–Trinajstić information content (AvgIpc) is 3.47. The summed E-state index contributed by atoms with van der Waals surface area (Å²) in [4.78, 5) is 26.6. The maximum atomic E-state index is 12.3. The van der Waals surface area contributed by atoms with Gasteiger partial charge in [0.15, 0.2) is 0 Å². The summed E-state index contributed by atoms with van der Waals surface area (Å²) >= 11 is 0. The summed E-state index contributed by atoms with van der Waals surface area (Å²) < 4.78 is 5.09. The normalized spacial score (nSPS) is 17.8. The minimum Gasteiger partial charge on any atom is -0.497 e. The second-order valence-corrected chi connectivity index (χ2v) is 7.40. The topological polar surface area (TPSA) is 70.7 Å². The fourth-order valence-corrected chi connectivity index (χ4v) is 3.67. The first kappa shape index (κ1) is 18.7. The third-order valence-corrected chi connectivity index (χ3v) is 5.23. The van der Waals surface area contributed by atoms with Gasteiger partial charge in [-0.05, 0) is 55.9 Å². The molecule has 6 heteroatoms. The van der Waals surface area contributed by atoms with Gasteiger partial charge in [0.05, 0.1) is 13.7 Å². The molecule has 0 heterocycles. The van der Waals surface area contributed by atoms with Crippen LogP contribution in [0.1, 0.15) is 44.9 Å². The molecule has 142 valence electrons. The Hall–Kier alpha value is -2.08. The molecule has 1 aromatic rings. The molecule has 0 spiro atoms. The molecule has 0 aromatic heterocycles. The number of hydrogen-bond acceptors (Lipinski definition) is 4. The minimum atomic E-state index is -0.492. The Kier molecular flexibility index (Phi) is 6.50. The number of nitrogens with zero attached hydrogens (tertiary/aromatic N) is 1. The maximum Gasteiger partial charge on any atom is 0.325 e. The van der Waals surface area contributed by atoms with Crippen LogP contribution in [0.2, 0.25) is 0 Å². The van der Waals surface area contributed by atoms with Gasteiger partial charge in [0.25, 0.3) is 0 Å². The van der Waals surface area contributed by atoms with Gasteiger partial charge >= 0.3 is 6.03 Å². The predicted octanol–water partition coefficient (Wildman–Crippen LogP) is 3.39. The number of ether oxygens (including phenoxy) is 1. The number of carbonyl (C=O) groups excluding carboxylic acids is 2. The van der Waals surface area contributed by atoms with E-state index in [1.54, 1.807) is 31.4 Å². The van der Waals surface area contributed by atoms with Gasteiger partial charge in [0.2, 0.25) is 5.91 Å². The first-order valence-electron chi connectivity index (χ1n) is 9.63. The highest BCUT2D eigenvalue weighted by atomic mass is 16.5. The third-order valence-electron chi connectivity index (χ3n) is 5.23. The van der Waals surface area contributed by atoms with Crippen LogP contribution in [-0.2, 0) is 4.79 Å². The SMILES string of the molecule is COc1ccc(NC(=O)NC(=O)CN(CC2CCCCC2)C2CC2)cc1. The molecule has 2 saturated carbocycles. The van der Waals surface area contributed by atoms with Gasteiger partial charge in [0, 0.05) is 18.3 Å². The summed E-state index contributed by atoms with van der Waals surface area (Å²) in [5.41, 5.74) is 0.623. The van der Waals surface area contributed by atoms with Gasteiger partial charge in [-0.3, -0.25) is 15.0 Å². The summed E-state index contributed by atoms with van der Waals surface area (Å²) in [7, 11) is 1.59. The van der Waals surface area contributed by atoms with E-state index in [4.69, 9.17) is 4.74 Å². The Morgan fingerprint density at radius 1 is 1.08 bits per heavy atom. The number of urea groups is 1. The van der Waals surface area contributed by atoms with Gasteiger partial charge in [-0.2, -0.15) is 0 Å². The zero-order valence-corrected chi connectivity index (χ0v) is 15.5. The van der Waals surface area contributed by atoms with E-state index in [1.165, 1.54) is 32.1 Å². The lowest BCUT2D eigenvalue weighted by Crippen LogP contribution is -2.44. The monoisotopic (exact) mass is 359 g/mol. The second-order valence-electron chi connectivity index (χ2n) is 7.40. The molecule has 2 fully saturated rings. The van der Waals surface area contributed by atoms with Crippen molar-refractivity contribution in [2.45, 2.75) is 51.0 Å². The number of methoxy groups -OCH3 is 1. The van der Waals surface area contributed by atoms with E-state index in [0.717, 1.165) is 25.1 Å². The van der Waals surface area contributed by atoms with Gasteiger partial charge in [-0.25, -0.2) is 4.79 Å². The van der Waals surface area contributed by atoms with Gasteiger partial charge in [-0.1, -0.05) is 19.3 Å². The summed E-state index contributed by atoms with van der Waals surface area (Å²) in [5, 5.41) is 5.12. The summed E-state index contributed by atoms with van der Waals surface area (Å²) in [6.45, 7) is 1.29. The standard InChI is InChI=1S/C20H29N3O3/c1-26-18-11-7-16(8-12-18)21-20(25)22-19(24)14-23(17-9-10-17)13-15-5-3-2-4-6-15/h7-8,11-12,15,17H,2-6,9-10,13-14H2,1H3,(H2,21,22,24,25). The van der Waals surface area contributed by atoms with Crippen molar-refractivity contribution in [1.82, 2.24) is 10.2 Å². The van der Waals surface area contributed by atoms with Crippen LogP contribution < -0.4 is 15.4 Å². The van der Waals surface area contributed by atoms with Crippen molar-refractivity contribution in [3.05, 3.63) is 24.3 Å². The highest BCUT2D eigenvalue weighted by Gasteiger charge is 2.32. The van der Waals surface area contributed by atoms with Crippen molar-refractivity contribution < 1.29 is 14.3 Å². The molecule has 0 aliphatic heterocycles. The number of anilines is 1. The molecule has 0 radical (unpaired) electrons. The molecule has 0 atom stereocenters. The van der Waals surface area contributed by atoms with Crippen LogP contribution in [0.15, 0.2) is 24.3 Å². The number of carbonyl (C=O) groups is 2. The van der Waals surface area contributed by atoms with Crippen LogP contribution >= 0.6 is 0 Å². The largest absolute Gasteiger partial charge is 0.497 e. The van der Waals surface area contributed by atoms with E-state index in [1.807, 2.05) is 0 Å². The first-order valence-corrected chi connectivity index (χ1v) is 9.63. The van der Waals surface area contributed by atoms with Crippen molar-refractivity contribution in [1.29, 1.82) is 0 Å². The molecule has 1 aromatic carbocycles. The number of rotatable bonds is 7. The molecule has 2 aliphatic carbocycles. The van der Waals surface area contributed by atoms with E-state index in [-0.39, 0.29) is 5.91 Å². The number of nitrogens with one attached hydrogen (secondary N) is 2. The average molecular weight is 359 g/mol. The summed E-state index contributed by atoms with van der Waals surface area (Å²) in [6, 6.07) is 7.03. The number of imide groups is 1. The maximum absolute atomic E-state index is 12.3. The van der Waals surface area contributed by atoms with Crippen molar-refractivity contribution in [2.75, 3.05) is 25.5 Å². The van der Waals surface area contributed by atoms with Crippen molar-refractivity contribution in [3.8, 4) is 5.75 Å². The minimum absolute atomic E-state index is 0.237. The Labute approximate surface area is 155 Å². The van der Waals surface area contributed by atoms with E-state index >= 15 is 0 Å². The lowest BCUT2D eigenvalue weighted by molar-refractivity contribution is -0.121. The summed E-state index contributed by atoms with van der Waals surface area (Å²) in [5.74, 6) is 1.18. The van der Waals surface area contributed by atoms with Crippen LogP contribution in [0.5, 0.6) is 5.75 Å². The van der Waals surface area contributed by atoms with Gasteiger partial charge in [0.1, 0.15) is 5.75 Å². The lowest BCUT2D eigenvalue weighted by atomic mass is 9.89. The fourth-order valence-electron chi connectivity index (χ4n) is 3.67. The molecule has 0 saturated heterocycles. The van der Waals surface area contributed by atoms with Crippen LogP contribution in [0.3, 0.4) is 0 Å². The molecule has 26 heavy (non-hydrogen) atoms. The molecule has 2 aliphatic rings. The Morgan fingerprint density at radius 3 is 2.38 bits per heavy atom. The zero-order chi connectivity index (χ0) is 18.4. The quantitative estimate of drug-likeness (QED) is 0.783. The lowest BCUT2D eigenvalue weighted by Gasteiger charge is -2.29. The second kappa shape index (κ2) is 9.03. The van der Waals surface area contributed by atoms with E-state index in [0.29, 0.717) is 24.2 Å². The Morgan fingerprint density at radius 2 is 1.77 bits per heavy atom. The molecule has 0 unspecified atom stereocenters. The zero-order valence-electron chi connectivity index (χ0n) is 15.5. The fraction of sp³-hybridized carbons (Fsp3) is 0.600. The van der Waals surface area contributed by atoms with E-state index in [2.05, 4.69) is 15.5 Å². The molecule has 2 N–H and O–H groups in total. The predicted molar refractivity (Wildman–Crippen MR) is 101 cm³/mol. The molecule has 6 nitrogen and oxygen atoms in total. The van der Waals surface area contributed by atoms with E-state index < -0.39 is 6.03 Å². The van der Waals surface area contributed by atoms with Gasteiger partial charge in [-0.15, -0.1) is 0 Å². The number of amides is 3. The smallest absolute Gasteiger partial charge is 0.325 e. The molecular formula is C20H29N3O3. The highest BCUT2D eigenvalue weighted by Crippen LogP contribution is 2.31.